The molecule has 7 N–H and O–H groups in total. The number of ether oxygens (including phenoxy) is 2. The fraction of sp³-hybridized carbons (Fsp3) is 0.186. The number of benzene rings is 8. The van der Waals surface area contributed by atoms with Gasteiger partial charge in [0.2, 0.25) is 36.7 Å². The van der Waals surface area contributed by atoms with Crippen molar-refractivity contribution in [2.75, 3.05) is 27.1 Å². The Morgan fingerprint density at radius 2 is 0.800 bits per heavy atom. The van der Waals surface area contributed by atoms with Crippen molar-refractivity contribution in [3.63, 3.8) is 0 Å². The van der Waals surface area contributed by atoms with Crippen LogP contribution in [0.25, 0.3) is 12.2 Å². The molecule has 35 heteroatoms. The van der Waals surface area contributed by atoms with E-state index in [1.54, 1.807) is 140 Å². The molecular weight excluding hydrogens is 1480 g/mol. The summed E-state index contributed by atoms with van der Waals surface area (Å²) in [7, 11) is -20.6. The Labute approximate surface area is 601 Å². The smallest absolute Gasteiger partial charge is 0.399 e. The van der Waals surface area contributed by atoms with Gasteiger partial charge in [0, 0.05) is 62.5 Å². The lowest BCUT2D eigenvalue weighted by Gasteiger charge is -2.24. The zero-order valence-electron chi connectivity index (χ0n) is 55.9. The third-order valence-electron chi connectivity index (χ3n) is 15.0. The summed E-state index contributed by atoms with van der Waals surface area (Å²) in [6.45, 7) is 0.723. The number of hydrogen-bond donors (Lipinski definition) is 7. The van der Waals surface area contributed by atoms with Crippen molar-refractivity contribution in [2.45, 2.75) is 67.3 Å². The molecule has 26 nitrogen and oxygen atoms in total. The maximum absolute atomic E-state index is 13.8. The van der Waals surface area contributed by atoms with Gasteiger partial charge in [-0.3, -0.25) is 9.13 Å². The van der Waals surface area contributed by atoms with E-state index in [0.717, 1.165) is 82.4 Å². The number of nitrogens with zero attached hydrogens (tertiary/aromatic N) is 5. The number of oxime groups is 1. The van der Waals surface area contributed by atoms with Crippen LogP contribution >= 0.6 is 15.2 Å². The third kappa shape index (κ3) is 24.0. The summed E-state index contributed by atoms with van der Waals surface area (Å²) in [6.07, 6.45) is 5.82. The summed E-state index contributed by atoms with van der Waals surface area (Å²) >= 11 is 0. The number of halogens is 4. The SMILES string of the molecule is COc1ccccc1S(=O)(=O)N(Cc1ccc(/C=C/C(=O)O)cc1)Cc1ccc(/C=C/C(=O)O)cc1.COc1ccccc1S(=O)(=O)N(Cc1ccc(C#N)cc1)Cc1ccc(/C(C)=N/OCC(=O)O)cc1.CS(=O)(=O)N(Cc1ccc(C(F)(F)P(=O)(O)O)cc1)Cc1ccc(C(F)(F)P(=O)(O)O)cc1. The minimum Gasteiger partial charge on any atom is -0.495 e. The summed E-state index contributed by atoms with van der Waals surface area (Å²) in [6, 6.07) is 49.7. The predicted molar refractivity (Wildman–Crippen MR) is 377 cm³/mol. The molecule has 0 aromatic heterocycles. The van der Waals surface area contributed by atoms with Gasteiger partial charge in [-0.25, -0.2) is 39.6 Å². The van der Waals surface area contributed by atoms with Crippen molar-refractivity contribution < 1.29 is 116 Å². The van der Waals surface area contributed by atoms with E-state index < -0.39 is 92.2 Å². The number of carboxylic acid groups (broad SMARTS) is 3. The van der Waals surface area contributed by atoms with Crippen LogP contribution in [0.1, 0.15) is 73.7 Å². The second-order valence-corrected chi connectivity index (χ2v) is 31.7. The van der Waals surface area contributed by atoms with Gasteiger partial charge in [-0.2, -0.15) is 35.7 Å². The van der Waals surface area contributed by atoms with Crippen molar-refractivity contribution in [2.24, 2.45) is 5.16 Å². The van der Waals surface area contributed by atoms with Crippen LogP contribution in [0.5, 0.6) is 11.5 Å². The first-order valence-corrected chi connectivity index (χ1v) is 38.4. The van der Waals surface area contributed by atoms with E-state index in [1.807, 2.05) is 0 Å². The van der Waals surface area contributed by atoms with Gasteiger partial charge in [-0.05, 0) is 106 Å². The molecule has 0 fully saturated rings. The lowest BCUT2D eigenvalue weighted by Crippen LogP contribution is -2.30. The van der Waals surface area contributed by atoms with Gasteiger partial charge in [0.1, 0.15) is 21.3 Å². The van der Waals surface area contributed by atoms with E-state index in [-0.39, 0.29) is 71.7 Å². The molecule has 0 atom stereocenters. The first kappa shape index (κ1) is 83.9. The maximum atomic E-state index is 13.8. The first-order valence-electron chi connectivity index (χ1n) is 30.4. The van der Waals surface area contributed by atoms with Gasteiger partial charge >= 0.3 is 44.4 Å². The van der Waals surface area contributed by atoms with Gasteiger partial charge in [0.15, 0.2) is 0 Å². The molecule has 8 rings (SSSR count). The maximum Gasteiger partial charge on any atom is 0.399 e. The molecule has 0 aliphatic rings. The number of carbonyl (C=O) groups is 3. The fourth-order valence-corrected chi connectivity index (χ4v) is 14.3. The van der Waals surface area contributed by atoms with Gasteiger partial charge in [-0.1, -0.05) is 163 Å². The van der Waals surface area contributed by atoms with Gasteiger partial charge in [0.25, 0.3) is 0 Å². The largest absolute Gasteiger partial charge is 0.495 e. The lowest BCUT2D eigenvalue weighted by molar-refractivity contribution is -0.142. The number of rotatable bonds is 31. The van der Waals surface area contributed by atoms with E-state index in [2.05, 4.69) is 11.2 Å². The van der Waals surface area contributed by atoms with Crippen molar-refractivity contribution in [3.8, 4) is 17.6 Å². The highest BCUT2D eigenvalue weighted by molar-refractivity contribution is 7.89. The zero-order valence-corrected chi connectivity index (χ0v) is 60.2. The number of sulfonamides is 3. The summed E-state index contributed by atoms with van der Waals surface area (Å²) in [5.74, 6) is -2.77. The van der Waals surface area contributed by atoms with E-state index in [1.165, 1.54) is 47.1 Å². The summed E-state index contributed by atoms with van der Waals surface area (Å²) in [5.41, 5.74) is -4.53. The molecule has 105 heavy (non-hydrogen) atoms. The number of hydrogen-bond acceptors (Lipinski definition) is 16. The minimum absolute atomic E-state index is 0.0366. The normalized spacial score (nSPS) is 12.5. The quantitative estimate of drug-likeness (QED) is 0.00697. The number of carboxylic acids is 3. The first-order chi connectivity index (χ1) is 49.2. The topological polar surface area (TPSA) is 403 Å². The van der Waals surface area contributed by atoms with Crippen LogP contribution in [0.2, 0.25) is 0 Å². The van der Waals surface area contributed by atoms with E-state index >= 15 is 0 Å². The van der Waals surface area contributed by atoms with Crippen molar-refractivity contribution in [3.05, 3.63) is 273 Å². The molecule has 0 saturated carbocycles. The Morgan fingerprint density at radius 1 is 0.495 bits per heavy atom. The van der Waals surface area contributed by atoms with Crippen LogP contribution in [-0.2, 0) is 109 Å². The summed E-state index contributed by atoms with van der Waals surface area (Å²) in [4.78, 5) is 72.1. The highest BCUT2D eigenvalue weighted by Crippen LogP contribution is 2.60. The Kier molecular flexibility index (Phi) is 29.2. The van der Waals surface area contributed by atoms with Gasteiger partial charge < -0.3 is 49.2 Å². The molecule has 0 heterocycles. The van der Waals surface area contributed by atoms with Crippen LogP contribution in [0, 0.1) is 11.3 Å². The average Bonchev–Trinajstić information content (AvgIpc) is 0.789. The predicted octanol–water partition coefficient (Wildman–Crippen LogP) is 11.2. The van der Waals surface area contributed by atoms with Crippen molar-refractivity contribution in [1.29, 1.82) is 5.26 Å². The molecule has 8 aromatic carbocycles. The highest BCUT2D eigenvalue weighted by Gasteiger charge is 2.51. The number of aliphatic carboxylic acids is 3. The van der Waals surface area contributed by atoms with Gasteiger partial charge in [-0.15, -0.1) is 0 Å². The molecule has 0 aliphatic heterocycles. The second kappa shape index (κ2) is 36.6. The van der Waals surface area contributed by atoms with E-state index in [9.17, 15) is 66.3 Å². The molecule has 0 bridgehead atoms. The third-order valence-corrected chi connectivity index (χ3v) is 21.8. The summed E-state index contributed by atoms with van der Waals surface area (Å²) < 4.78 is 170. The molecular formula is C70H69F4N5O21P2S3. The Bertz CT molecular complexity index is 4800. The molecule has 8 aromatic rings. The zero-order chi connectivity index (χ0) is 77.7. The van der Waals surface area contributed by atoms with Crippen LogP contribution in [0.3, 0.4) is 0 Å². The molecule has 0 saturated heterocycles. The number of nitriles is 1. The monoisotopic (exact) mass is 1550 g/mol. The Balaban J connectivity index is 0.000000247. The Hall–Kier alpha value is -10.0. The molecule has 0 spiro atoms. The molecule has 556 valence electrons. The lowest BCUT2D eigenvalue weighted by atomic mass is 10.1. The fourth-order valence-electron chi connectivity index (χ4n) is 9.44. The van der Waals surface area contributed by atoms with E-state index in [0.29, 0.717) is 39.1 Å². The number of alkyl halides is 4. The standard InChI is InChI=1S/C27H25NO7S.C26H25N3O6S.C17H19F4NO8P2S/c1-35-24-4-2-3-5-25(24)36(33,34)28(18-22-10-6-20(7-11-22)14-16-26(29)30)19-23-12-8-21(9-13-23)15-17-27(31)32;1-19(28-35-18-26(30)31)23-13-11-22(12-14-23)17-29(16-21-9-7-20(15-27)8-10-21)36(32,33)25-6-4-3-5-24(25)34-2;1-33(29,30)22(10-12-2-6-14(7-3-12)16(18,19)31(23,24)25)11-13-4-8-15(9-5-13)17(20,21)32(26,27)28/h2-17H,18-19H2,1H3,(H,29,30)(H,31,32);3-14H,16-18H2,1-2H3,(H,30,31);2-9H,10-11H2,1H3,(H2,23,24,25)(H2,26,27,28)/b16-14+,17-15+;28-19+;. The molecule has 0 radical (unpaired) electrons. The number of para-hydroxylation sites is 2. The summed E-state index contributed by atoms with van der Waals surface area (Å²) in [5, 5.41) is 39.1. The molecule has 0 aliphatic carbocycles. The van der Waals surface area contributed by atoms with Crippen LogP contribution in [0.4, 0.5) is 17.6 Å². The average molecular weight is 1550 g/mol. The van der Waals surface area contributed by atoms with Crippen LogP contribution in [-0.4, -0.2) is 124 Å². The minimum atomic E-state index is -5.77. The molecule has 0 amide bonds. The molecule has 0 unspecified atom stereocenters. The van der Waals surface area contributed by atoms with Crippen molar-refractivity contribution in [1.82, 2.24) is 12.9 Å². The van der Waals surface area contributed by atoms with Gasteiger partial charge in [0.05, 0.1) is 37.8 Å². The van der Waals surface area contributed by atoms with E-state index in [4.69, 9.17) is 54.5 Å². The van der Waals surface area contributed by atoms with Crippen molar-refractivity contribution >= 4 is 81.0 Å². The number of methoxy groups -OCH3 is 2. The Morgan fingerprint density at radius 3 is 1.10 bits per heavy atom. The van der Waals surface area contributed by atoms with Crippen LogP contribution in [0.15, 0.2) is 221 Å². The highest BCUT2D eigenvalue weighted by atomic mass is 32.2. The van der Waals surface area contributed by atoms with Crippen LogP contribution < -0.4 is 9.47 Å². The second-order valence-electron chi connectivity index (χ2n) is 22.6.